The van der Waals surface area contributed by atoms with Crippen molar-refractivity contribution in [2.75, 3.05) is 0 Å². The summed E-state index contributed by atoms with van der Waals surface area (Å²) in [5.41, 5.74) is 2.19. The van der Waals surface area contributed by atoms with E-state index in [-0.39, 0.29) is 20.6 Å². The third-order valence-corrected chi connectivity index (χ3v) is 6.54. The Balaban J connectivity index is 2.74. The first kappa shape index (κ1) is 22.0. The highest BCUT2D eigenvalue weighted by atomic mass is 32.2. The molecule has 0 radical (unpaired) electrons. The molecule has 27 heavy (non-hydrogen) atoms. The van der Waals surface area contributed by atoms with E-state index in [0.29, 0.717) is 11.1 Å². The second-order valence-corrected chi connectivity index (χ2v) is 10.2. The molecule has 0 N–H and O–H groups in total. The van der Waals surface area contributed by atoms with Gasteiger partial charge in [0.25, 0.3) is 0 Å². The summed E-state index contributed by atoms with van der Waals surface area (Å²) in [6.45, 7) is 12.1. The summed E-state index contributed by atoms with van der Waals surface area (Å²) in [7, 11) is 0. The zero-order chi connectivity index (χ0) is 20.6. The van der Waals surface area contributed by atoms with Crippen LogP contribution in [-0.4, -0.2) is 17.5 Å². The highest BCUT2D eigenvalue weighted by Gasteiger charge is 2.22. The van der Waals surface area contributed by atoms with Crippen molar-refractivity contribution in [3.63, 3.8) is 0 Å². The normalized spacial score (nSPS) is 14.8. The van der Waals surface area contributed by atoms with E-state index in [1.54, 1.807) is 24.3 Å². The number of rotatable bonds is 5. The van der Waals surface area contributed by atoms with Crippen molar-refractivity contribution in [1.29, 1.82) is 0 Å². The third-order valence-electron chi connectivity index (χ3n) is 5.14. The molecule has 0 heterocycles. The van der Waals surface area contributed by atoms with E-state index in [1.807, 2.05) is 39.8 Å². The van der Waals surface area contributed by atoms with Crippen LogP contribution in [0.4, 0.5) is 0 Å². The van der Waals surface area contributed by atoms with Gasteiger partial charge in [0.05, 0.1) is 0 Å². The molecular weight excluding hydrogens is 380 g/mol. The van der Waals surface area contributed by atoms with Crippen molar-refractivity contribution in [3.8, 4) is 11.1 Å². The van der Waals surface area contributed by atoms with Gasteiger partial charge in [0.2, 0.25) is 0 Å². The smallest absolute Gasteiger partial charge is 0.0330 e. The average molecular weight is 407 g/mol. The lowest BCUT2D eigenvalue weighted by molar-refractivity contribution is 0.503. The maximum absolute atomic E-state index is 11.9. The SMILES string of the molecule is CCC(C)(C)c1ccc(-c2ccc(C(C)(C)C)cc2S(=O)[O-])c(S(=O)[O-])c1. The van der Waals surface area contributed by atoms with Crippen LogP contribution < -0.4 is 0 Å². The summed E-state index contributed by atoms with van der Waals surface area (Å²) in [5, 5.41) is 0. The van der Waals surface area contributed by atoms with Gasteiger partial charge in [-0.25, -0.2) is 0 Å². The number of hydrogen-bond donors (Lipinski definition) is 0. The van der Waals surface area contributed by atoms with Gasteiger partial charge in [-0.05, 0) is 73.8 Å². The second kappa shape index (κ2) is 7.95. The van der Waals surface area contributed by atoms with E-state index >= 15 is 0 Å². The topological polar surface area (TPSA) is 80.3 Å². The summed E-state index contributed by atoms with van der Waals surface area (Å²) in [6, 6.07) is 10.4. The van der Waals surface area contributed by atoms with Crippen molar-refractivity contribution in [2.45, 2.75) is 68.6 Å². The van der Waals surface area contributed by atoms with Crippen LogP contribution in [0.15, 0.2) is 46.2 Å². The van der Waals surface area contributed by atoms with Gasteiger partial charge in [0.15, 0.2) is 0 Å². The minimum absolute atomic E-state index is 0.108. The first-order valence-corrected chi connectivity index (χ1v) is 11.0. The number of benzene rings is 2. The Labute approximate surface area is 167 Å². The van der Waals surface area contributed by atoms with Gasteiger partial charge in [-0.3, -0.25) is 8.42 Å². The predicted molar refractivity (Wildman–Crippen MR) is 108 cm³/mol. The maximum Gasteiger partial charge on any atom is 0.0330 e. The molecule has 0 saturated heterocycles. The Morgan fingerprint density at radius 1 is 0.778 bits per heavy atom. The fourth-order valence-electron chi connectivity index (χ4n) is 2.86. The van der Waals surface area contributed by atoms with E-state index in [9.17, 15) is 17.5 Å². The van der Waals surface area contributed by atoms with Crippen molar-refractivity contribution in [2.24, 2.45) is 0 Å². The molecule has 148 valence electrons. The predicted octanol–water partition coefficient (Wildman–Crippen LogP) is 4.81. The standard InChI is InChI=1S/C21H28O4S2/c1-7-21(5,6)15-9-11-17(19(13-15)27(24)25)16-10-8-14(20(2,3)4)12-18(16)26(22)23/h8-13H,7H2,1-6H3,(H,22,23)(H,24,25)/p-2. The zero-order valence-electron chi connectivity index (χ0n) is 16.6. The van der Waals surface area contributed by atoms with E-state index in [1.165, 1.54) is 0 Å². The van der Waals surface area contributed by atoms with Crippen LogP contribution in [0.1, 0.15) is 59.1 Å². The Bertz CT molecular complexity index is 896. The van der Waals surface area contributed by atoms with Crippen LogP contribution in [0.25, 0.3) is 11.1 Å². The first-order chi connectivity index (χ1) is 12.4. The van der Waals surface area contributed by atoms with Crippen molar-refractivity contribution in [3.05, 3.63) is 47.5 Å². The summed E-state index contributed by atoms with van der Waals surface area (Å²) < 4.78 is 47.6. The van der Waals surface area contributed by atoms with Crippen LogP contribution in [-0.2, 0) is 33.0 Å². The molecule has 0 aliphatic heterocycles. The first-order valence-electron chi connectivity index (χ1n) is 8.86. The van der Waals surface area contributed by atoms with E-state index in [4.69, 9.17) is 0 Å². The van der Waals surface area contributed by atoms with E-state index in [2.05, 4.69) is 13.8 Å². The molecule has 0 saturated carbocycles. The highest BCUT2D eigenvalue weighted by molar-refractivity contribution is 7.79. The average Bonchev–Trinajstić information content (AvgIpc) is 2.59. The van der Waals surface area contributed by atoms with Gasteiger partial charge >= 0.3 is 0 Å². The molecule has 0 amide bonds. The Morgan fingerprint density at radius 3 is 1.56 bits per heavy atom. The molecule has 4 nitrogen and oxygen atoms in total. The van der Waals surface area contributed by atoms with Crippen molar-refractivity contribution >= 4 is 22.2 Å². The van der Waals surface area contributed by atoms with Gasteiger partial charge in [0.1, 0.15) is 0 Å². The van der Waals surface area contributed by atoms with Gasteiger partial charge in [-0.1, -0.05) is 65.8 Å². The molecule has 6 heteroatoms. The molecule has 0 fully saturated rings. The largest absolute Gasteiger partial charge is 0.768 e. The summed E-state index contributed by atoms with van der Waals surface area (Å²) in [4.78, 5) is 0.223. The molecule has 0 spiro atoms. The Hall–Kier alpha value is -1.34. The molecule has 0 aliphatic rings. The van der Waals surface area contributed by atoms with Crippen LogP contribution >= 0.6 is 0 Å². The van der Waals surface area contributed by atoms with E-state index < -0.39 is 22.2 Å². The highest BCUT2D eigenvalue weighted by Crippen LogP contribution is 2.37. The molecule has 0 aromatic heterocycles. The van der Waals surface area contributed by atoms with Gasteiger partial charge in [0, 0.05) is 9.79 Å². The quantitative estimate of drug-likeness (QED) is 0.667. The monoisotopic (exact) mass is 406 g/mol. The summed E-state index contributed by atoms with van der Waals surface area (Å²) in [6.07, 6.45) is 0.855. The zero-order valence-corrected chi connectivity index (χ0v) is 18.3. The van der Waals surface area contributed by atoms with Crippen molar-refractivity contribution < 1.29 is 17.5 Å². The van der Waals surface area contributed by atoms with Gasteiger partial charge in [-0.15, -0.1) is 0 Å². The van der Waals surface area contributed by atoms with Gasteiger partial charge < -0.3 is 9.11 Å². The number of hydrogen-bond acceptors (Lipinski definition) is 4. The fourth-order valence-corrected chi connectivity index (χ4v) is 4.02. The lowest BCUT2D eigenvalue weighted by atomic mass is 9.81. The Kier molecular flexibility index (Phi) is 6.47. The van der Waals surface area contributed by atoms with Crippen LogP contribution in [0.2, 0.25) is 0 Å². The molecule has 2 unspecified atom stereocenters. The second-order valence-electron chi connectivity index (χ2n) is 8.38. The molecule has 2 aromatic rings. The lowest BCUT2D eigenvalue weighted by Crippen LogP contribution is -2.16. The van der Waals surface area contributed by atoms with Crippen LogP contribution in [0, 0.1) is 0 Å². The lowest BCUT2D eigenvalue weighted by Gasteiger charge is -2.26. The van der Waals surface area contributed by atoms with Gasteiger partial charge in [-0.2, -0.15) is 0 Å². The summed E-state index contributed by atoms with van der Waals surface area (Å²) in [5.74, 6) is 0. The molecule has 2 rings (SSSR count). The van der Waals surface area contributed by atoms with Crippen molar-refractivity contribution in [1.82, 2.24) is 0 Å². The Morgan fingerprint density at radius 2 is 1.19 bits per heavy atom. The third kappa shape index (κ3) is 4.74. The maximum atomic E-state index is 11.9. The van der Waals surface area contributed by atoms with Crippen LogP contribution in [0.3, 0.4) is 0 Å². The minimum atomic E-state index is -2.48. The minimum Gasteiger partial charge on any atom is -0.768 e. The molecule has 0 aliphatic carbocycles. The molecular formula is C21H26O4S2-2. The molecule has 2 aromatic carbocycles. The molecule has 0 bridgehead atoms. The molecule has 2 atom stereocenters. The fraction of sp³-hybridized carbons (Fsp3) is 0.429. The van der Waals surface area contributed by atoms with E-state index in [0.717, 1.165) is 17.5 Å². The summed E-state index contributed by atoms with van der Waals surface area (Å²) >= 11 is -4.97. The van der Waals surface area contributed by atoms with Crippen LogP contribution in [0.5, 0.6) is 0 Å².